The number of aryl methyl sites for hydroxylation is 1. The van der Waals surface area contributed by atoms with Gasteiger partial charge in [-0.15, -0.1) is 0 Å². The zero-order chi connectivity index (χ0) is 18.2. The predicted molar refractivity (Wildman–Crippen MR) is 113 cm³/mol. The fourth-order valence-corrected chi connectivity index (χ4v) is 3.54. The third-order valence-corrected chi connectivity index (χ3v) is 4.75. The fraction of sp³-hybridized carbons (Fsp3) is 0.381. The van der Waals surface area contributed by atoms with Crippen LogP contribution >= 0.6 is 12.2 Å². The summed E-state index contributed by atoms with van der Waals surface area (Å²) in [6, 6.07) is 16.6. The number of ether oxygens (including phenoxy) is 1. The Morgan fingerprint density at radius 1 is 1.19 bits per heavy atom. The van der Waals surface area contributed by atoms with Gasteiger partial charge >= 0.3 is 0 Å². The van der Waals surface area contributed by atoms with E-state index in [9.17, 15) is 0 Å². The molecule has 0 radical (unpaired) electrons. The minimum atomic E-state index is 0.651. The van der Waals surface area contributed by atoms with Crippen molar-refractivity contribution in [3.8, 4) is 5.75 Å². The summed E-state index contributed by atoms with van der Waals surface area (Å²) in [5.74, 6) is 0.851. The lowest BCUT2D eigenvalue weighted by Crippen LogP contribution is -2.34. The molecule has 0 aromatic heterocycles. The van der Waals surface area contributed by atoms with Gasteiger partial charge in [0.2, 0.25) is 0 Å². The molecule has 2 N–H and O–H groups in total. The first kappa shape index (κ1) is 18.5. The smallest absolute Gasteiger partial charge is 0.170 e. The van der Waals surface area contributed by atoms with E-state index in [-0.39, 0.29) is 0 Å². The Hall–Kier alpha value is -2.27. The zero-order valence-corrected chi connectivity index (χ0v) is 16.1. The highest BCUT2D eigenvalue weighted by Gasteiger charge is 2.15. The van der Waals surface area contributed by atoms with Crippen LogP contribution in [0.5, 0.6) is 5.75 Å². The van der Waals surface area contributed by atoms with E-state index in [2.05, 4.69) is 39.8 Å². The van der Waals surface area contributed by atoms with Crippen molar-refractivity contribution < 1.29 is 4.74 Å². The van der Waals surface area contributed by atoms with Crippen LogP contribution < -0.4 is 20.3 Å². The van der Waals surface area contributed by atoms with Gasteiger partial charge in [-0.05, 0) is 62.2 Å². The van der Waals surface area contributed by atoms with Crippen molar-refractivity contribution in [3.63, 3.8) is 0 Å². The molecule has 1 heterocycles. The third-order valence-electron chi connectivity index (χ3n) is 4.50. The Morgan fingerprint density at radius 2 is 2.08 bits per heavy atom. The van der Waals surface area contributed by atoms with E-state index in [1.54, 1.807) is 0 Å². The molecule has 0 saturated heterocycles. The van der Waals surface area contributed by atoms with E-state index in [1.165, 1.54) is 24.1 Å². The molecule has 138 valence electrons. The second-order valence-electron chi connectivity index (χ2n) is 6.41. The number of fused-ring (bicyclic) bond motifs is 1. The molecule has 2 aromatic rings. The summed E-state index contributed by atoms with van der Waals surface area (Å²) in [6.45, 7) is 5.69. The molecule has 3 rings (SSSR count). The van der Waals surface area contributed by atoms with Gasteiger partial charge in [0.1, 0.15) is 5.75 Å². The predicted octanol–water partition coefficient (Wildman–Crippen LogP) is 4.21. The first-order valence-electron chi connectivity index (χ1n) is 9.37. The summed E-state index contributed by atoms with van der Waals surface area (Å²) in [6.07, 6.45) is 3.48. The molecule has 4 nitrogen and oxygen atoms in total. The van der Waals surface area contributed by atoms with Gasteiger partial charge in [0, 0.05) is 37.1 Å². The molecule has 2 aromatic carbocycles. The molecule has 0 fully saturated rings. The molecular weight excluding hydrogens is 342 g/mol. The first-order valence-corrected chi connectivity index (χ1v) is 9.77. The first-order chi connectivity index (χ1) is 12.8. The van der Waals surface area contributed by atoms with Gasteiger partial charge in [-0.3, -0.25) is 0 Å². The van der Waals surface area contributed by atoms with Crippen LogP contribution in [0.25, 0.3) is 0 Å². The molecule has 0 unspecified atom stereocenters. The maximum absolute atomic E-state index is 5.51. The summed E-state index contributed by atoms with van der Waals surface area (Å²) in [4.78, 5) is 2.49. The van der Waals surface area contributed by atoms with Crippen LogP contribution in [-0.2, 0) is 6.42 Å². The molecule has 26 heavy (non-hydrogen) atoms. The molecule has 1 aliphatic rings. The highest BCUT2D eigenvalue weighted by molar-refractivity contribution is 7.80. The number of rotatable bonds is 7. The van der Waals surface area contributed by atoms with Crippen molar-refractivity contribution in [3.05, 3.63) is 54.1 Å². The Labute approximate surface area is 161 Å². The van der Waals surface area contributed by atoms with Gasteiger partial charge < -0.3 is 20.3 Å². The maximum Gasteiger partial charge on any atom is 0.170 e. The van der Waals surface area contributed by atoms with E-state index in [1.807, 2.05) is 31.2 Å². The molecule has 0 spiro atoms. The monoisotopic (exact) mass is 369 g/mol. The third kappa shape index (κ3) is 5.11. The molecule has 0 amide bonds. The summed E-state index contributed by atoms with van der Waals surface area (Å²) >= 11 is 5.40. The maximum atomic E-state index is 5.51. The van der Waals surface area contributed by atoms with Gasteiger partial charge in [-0.2, -0.15) is 0 Å². The van der Waals surface area contributed by atoms with E-state index in [4.69, 9.17) is 17.0 Å². The van der Waals surface area contributed by atoms with Crippen molar-refractivity contribution in [1.82, 2.24) is 5.32 Å². The minimum Gasteiger partial charge on any atom is -0.494 e. The zero-order valence-electron chi connectivity index (χ0n) is 15.3. The molecule has 0 atom stereocenters. The fourth-order valence-electron chi connectivity index (χ4n) is 3.32. The molecule has 0 bridgehead atoms. The van der Waals surface area contributed by atoms with Crippen LogP contribution in [0.3, 0.4) is 0 Å². The Kier molecular flexibility index (Phi) is 6.72. The van der Waals surface area contributed by atoms with Crippen molar-refractivity contribution in [2.24, 2.45) is 0 Å². The lowest BCUT2D eigenvalue weighted by atomic mass is 10.0. The SMILES string of the molecule is CCOc1cccc(NC(=S)NCCCN2CCCc3ccccc32)c1. The van der Waals surface area contributed by atoms with Crippen molar-refractivity contribution in [2.45, 2.75) is 26.2 Å². The van der Waals surface area contributed by atoms with Crippen LogP contribution in [0, 0.1) is 0 Å². The van der Waals surface area contributed by atoms with Crippen LogP contribution in [0.15, 0.2) is 48.5 Å². The largest absolute Gasteiger partial charge is 0.494 e. The second kappa shape index (κ2) is 9.43. The van der Waals surface area contributed by atoms with E-state index >= 15 is 0 Å². The number of hydrogen-bond acceptors (Lipinski definition) is 3. The molecular formula is C21H27N3OS. The summed E-state index contributed by atoms with van der Waals surface area (Å²) in [5.41, 5.74) is 3.81. The van der Waals surface area contributed by atoms with Crippen molar-refractivity contribution >= 4 is 28.7 Å². The van der Waals surface area contributed by atoms with Gasteiger partial charge in [0.15, 0.2) is 5.11 Å². The average molecular weight is 370 g/mol. The number of hydrogen-bond donors (Lipinski definition) is 2. The van der Waals surface area contributed by atoms with Crippen LogP contribution in [-0.4, -0.2) is 31.4 Å². The number of nitrogens with one attached hydrogen (secondary N) is 2. The van der Waals surface area contributed by atoms with Gasteiger partial charge in [0.05, 0.1) is 6.61 Å². The molecule has 1 aliphatic heterocycles. The Balaban J connectivity index is 1.41. The Morgan fingerprint density at radius 3 is 2.96 bits per heavy atom. The highest BCUT2D eigenvalue weighted by atomic mass is 32.1. The number of nitrogens with zero attached hydrogens (tertiary/aromatic N) is 1. The quantitative estimate of drug-likeness (QED) is 0.565. The topological polar surface area (TPSA) is 36.5 Å². The highest BCUT2D eigenvalue weighted by Crippen LogP contribution is 2.26. The van der Waals surface area contributed by atoms with Crippen LogP contribution in [0.2, 0.25) is 0 Å². The minimum absolute atomic E-state index is 0.651. The normalized spacial score (nSPS) is 13.0. The standard InChI is InChI=1S/C21H27N3OS/c1-2-25-19-11-5-10-18(16-19)23-21(26)22-13-7-15-24-14-6-9-17-8-3-4-12-20(17)24/h3-5,8,10-12,16H,2,6-7,9,13-15H2,1H3,(H2,22,23,26). The summed E-state index contributed by atoms with van der Waals surface area (Å²) in [7, 11) is 0. The lowest BCUT2D eigenvalue weighted by molar-refractivity contribution is 0.340. The van der Waals surface area contributed by atoms with Gasteiger partial charge in [-0.25, -0.2) is 0 Å². The van der Waals surface area contributed by atoms with Crippen LogP contribution in [0.4, 0.5) is 11.4 Å². The van der Waals surface area contributed by atoms with Gasteiger partial charge in [-0.1, -0.05) is 24.3 Å². The molecule has 0 saturated carbocycles. The van der Waals surface area contributed by atoms with Crippen molar-refractivity contribution in [2.75, 3.05) is 36.5 Å². The lowest BCUT2D eigenvalue weighted by Gasteiger charge is -2.31. The summed E-state index contributed by atoms with van der Waals surface area (Å²) < 4.78 is 5.51. The Bertz CT molecular complexity index is 735. The second-order valence-corrected chi connectivity index (χ2v) is 6.82. The number of thiocarbonyl (C=S) groups is 1. The number of para-hydroxylation sites is 1. The van der Waals surface area contributed by atoms with Crippen LogP contribution in [0.1, 0.15) is 25.3 Å². The number of anilines is 2. The molecule has 0 aliphatic carbocycles. The average Bonchev–Trinajstić information content (AvgIpc) is 2.66. The molecule has 5 heteroatoms. The summed E-state index contributed by atoms with van der Waals surface area (Å²) in [5, 5.41) is 7.17. The van der Waals surface area contributed by atoms with E-state index < -0.39 is 0 Å². The van der Waals surface area contributed by atoms with Gasteiger partial charge in [0.25, 0.3) is 0 Å². The van der Waals surface area contributed by atoms with E-state index in [0.717, 1.165) is 37.5 Å². The van der Waals surface area contributed by atoms with E-state index in [0.29, 0.717) is 11.7 Å². The van der Waals surface area contributed by atoms with Crippen molar-refractivity contribution in [1.29, 1.82) is 0 Å². The number of benzene rings is 2.